The predicted molar refractivity (Wildman–Crippen MR) is 139 cm³/mol. The Bertz CT molecular complexity index is 1140. The van der Waals surface area contributed by atoms with Crippen LogP contribution in [0.4, 0.5) is 4.79 Å². The van der Waals surface area contributed by atoms with Crippen LogP contribution in [0.1, 0.15) is 50.7 Å². The number of nitrogens with zero attached hydrogens (tertiary/aromatic N) is 3. The molecule has 5 rings (SSSR count). The van der Waals surface area contributed by atoms with Crippen LogP contribution in [0.3, 0.4) is 0 Å². The van der Waals surface area contributed by atoms with E-state index in [1.54, 1.807) is 11.8 Å². The van der Waals surface area contributed by atoms with E-state index >= 15 is 0 Å². The molecule has 3 heterocycles. The largest absolute Gasteiger partial charge is 0.349 e. The number of fused-ring (bicyclic) bond motifs is 2. The minimum Gasteiger partial charge on any atom is -0.349 e. The van der Waals surface area contributed by atoms with Crippen molar-refractivity contribution in [2.45, 2.75) is 68.0 Å². The van der Waals surface area contributed by atoms with Crippen molar-refractivity contribution in [3.8, 4) is 0 Å². The summed E-state index contributed by atoms with van der Waals surface area (Å²) in [6.45, 7) is 9.79. The number of amides is 2. The van der Waals surface area contributed by atoms with Gasteiger partial charge in [-0.25, -0.2) is 4.79 Å². The van der Waals surface area contributed by atoms with Crippen molar-refractivity contribution in [3.05, 3.63) is 53.9 Å². The molecule has 1 aliphatic carbocycles. The lowest BCUT2D eigenvalue weighted by molar-refractivity contribution is 0.0976. The summed E-state index contributed by atoms with van der Waals surface area (Å²) < 4.78 is 0. The highest BCUT2D eigenvalue weighted by Gasteiger charge is 2.42. The number of benzene rings is 1. The van der Waals surface area contributed by atoms with Crippen molar-refractivity contribution in [3.63, 3.8) is 0 Å². The molecule has 2 amide bonds. The van der Waals surface area contributed by atoms with Gasteiger partial charge in [0.2, 0.25) is 0 Å². The summed E-state index contributed by atoms with van der Waals surface area (Å²) in [5, 5.41) is 6.01. The van der Waals surface area contributed by atoms with Gasteiger partial charge >= 0.3 is 6.03 Å². The topological polar surface area (TPSA) is 64.3 Å². The molecule has 2 N–H and O–H groups in total. The Morgan fingerprint density at radius 2 is 2.00 bits per heavy atom. The molecule has 180 valence electrons. The summed E-state index contributed by atoms with van der Waals surface area (Å²) in [6, 6.07) is 11.5. The number of aromatic amines is 1. The lowest BCUT2D eigenvalue weighted by Crippen LogP contribution is -2.57. The summed E-state index contributed by atoms with van der Waals surface area (Å²) in [5.41, 5.74) is 4.10. The predicted octanol–water partition coefficient (Wildman–Crippen LogP) is 5.26. The fraction of sp³-hybridized carbons (Fsp3) is 0.481. The zero-order valence-electron chi connectivity index (χ0n) is 20.4. The molecule has 1 aliphatic heterocycles. The maximum absolute atomic E-state index is 12.8. The summed E-state index contributed by atoms with van der Waals surface area (Å²) >= 11 is 1.80. The lowest BCUT2D eigenvalue weighted by atomic mass is 9.73. The van der Waals surface area contributed by atoms with Crippen LogP contribution in [0, 0.1) is 0 Å². The number of likely N-dealkylation sites (tertiary alicyclic amines) is 1. The number of carbonyl (C=O) groups is 1. The van der Waals surface area contributed by atoms with E-state index in [0.717, 1.165) is 45.4 Å². The zero-order chi connectivity index (χ0) is 23.7. The number of hydrogen-bond donors (Lipinski definition) is 2. The molecule has 0 radical (unpaired) electrons. The van der Waals surface area contributed by atoms with E-state index in [1.807, 2.05) is 31.1 Å². The highest BCUT2D eigenvalue weighted by atomic mass is 32.2. The van der Waals surface area contributed by atoms with Crippen molar-refractivity contribution >= 4 is 28.7 Å². The molecule has 1 fully saturated rings. The average molecular weight is 478 g/mol. The number of H-pyrrole nitrogens is 1. The van der Waals surface area contributed by atoms with Gasteiger partial charge in [0, 0.05) is 65.8 Å². The fourth-order valence-electron chi connectivity index (χ4n) is 5.89. The van der Waals surface area contributed by atoms with Crippen LogP contribution in [0.15, 0.2) is 52.6 Å². The van der Waals surface area contributed by atoms with Crippen LogP contribution in [0.25, 0.3) is 10.9 Å². The molecule has 1 aromatic carbocycles. The average Bonchev–Trinajstić information content (AvgIpc) is 3.19. The smallest absolute Gasteiger partial charge is 0.317 e. The van der Waals surface area contributed by atoms with E-state index in [-0.39, 0.29) is 12.1 Å². The first-order chi connectivity index (χ1) is 16.6. The summed E-state index contributed by atoms with van der Waals surface area (Å²) in [4.78, 5) is 26.5. The number of nitrogens with one attached hydrogen (secondary N) is 2. The molecule has 3 aromatic rings. The van der Waals surface area contributed by atoms with Crippen molar-refractivity contribution in [1.82, 2.24) is 25.1 Å². The Balaban J connectivity index is 1.49. The van der Waals surface area contributed by atoms with Gasteiger partial charge in [-0.1, -0.05) is 30.8 Å². The number of pyridine rings is 1. The minimum atomic E-state index is 0.0669. The van der Waals surface area contributed by atoms with Gasteiger partial charge < -0.3 is 15.2 Å². The van der Waals surface area contributed by atoms with E-state index in [2.05, 4.69) is 57.4 Å². The maximum Gasteiger partial charge on any atom is 0.317 e. The van der Waals surface area contributed by atoms with Crippen LogP contribution < -0.4 is 5.32 Å². The summed E-state index contributed by atoms with van der Waals surface area (Å²) in [7, 11) is 0. The van der Waals surface area contributed by atoms with Gasteiger partial charge in [-0.3, -0.25) is 9.88 Å². The third-order valence-corrected chi connectivity index (χ3v) is 8.48. The van der Waals surface area contributed by atoms with Gasteiger partial charge in [0.15, 0.2) is 0 Å². The van der Waals surface area contributed by atoms with Gasteiger partial charge in [-0.15, -0.1) is 0 Å². The zero-order valence-corrected chi connectivity index (χ0v) is 21.2. The van der Waals surface area contributed by atoms with Gasteiger partial charge in [-0.05, 0) is 69.0 Å². The second-order valence-electron chi connectivity index (χ2n) is 9.41. The first-order valence-electron chi connectivity index (χ1n) is 12.6. The van der Waals surface area contributed by atoms with Crippen LogP contribution in [-0.4, -0.2) is 64.1 Å². The van der Waals surface area contributed by atoms with Crippen molar-refractivity contribution < 1.29 is 4.79 Å². The van der Waals surface area contributed by atoms with Crippen LogP contribution in [0.2, 0.25) is 0 Å². The normalized spacial score (nSPS) is 21.9. The molecule has 2 aliphatic rings. The Labute approximate surface area is 206 Å². The molecule has 2 aromatic heterocycles. The van der Waals surface area contributed by atoms with Crippen LogP contribution in [0.5, 0.6) is 0 Å². The third-order valence-electron chi connectivity index (χ3n) is 7.42. The highest BCUT2D eigenvalue weighted by Crippen LogP contribution is 2.47. The number of urea groups is 1. The van der Waals surface area contributed by atoms with Gasteiger partial charge in [-0.2, -0.15) is 0 Å². The van der Waals surface area contributed by atoms with Crippen molar-refractivity contribution in [1.29, 1.82) is 0 Å². The van der Waals surface area contributed by atoms with Crippen LogP contribution >= 0.6 is 11.8 Å². The van der Waals surface area contributed by atoms with E-state index < -0.39 is 0 Å². The van der Waals surface area contributed by atoms with Crippen molar-refractivity contribution in [2.24, 2.45) is 0 Å². The lowest BCUT2D eigenvalue weighted by Gasteiger charge is -2.47. The number of hydrogen-bond acceptors (Lipinski definition) is 4. The first-order valence-corrected chi connectivity index (χ1v) is 13.4. The molecular formula is C27H35N5OS. The molecular weight excluding hydrogens is 442 g/mol. The molecule has 7 heteroatoms. The standard InChI is InChI=1S/C27H35N5OS/c1-4-14-32-17-18(29-27(33)31(5-2)6-3)15-21-20-8-7-9-23-25(20)22(16-24(21)32)26(30-23)34-19-10-12-28-13-11-19/h7-13,18,21,24,30H,4-6,14-17H2,1-3H3,(H,29,33)/t18-,21?,24+/m0/s1. The number of carbonyl (C=O) groups excluding carboxylic acids is 1. The number of aromatic nitrogens is 2. The molecule has 3 atom stereocenters. The van der Waals surface area contributed by atoms with Gasteiger partial charge in [0.25, 0.3) is 0 Å². The number of piperidine rings is 1. The Hall–Kier alpha value is -2.51. The van der Waals surface area contributed by atoms with E-state index in [9.17, 15) is 4.79 Å². The maximum atomic E-state index is 12.8. The van der Waals surface area contributed by atoms with Gasteiger partial charge in [0.05, 0.1) is 5.03 Å². The second-order valence-corrected chi connectivity index (χ2v) is 10.5. The highest BCUT2D eigenvalue weighted by molar-refractivity contribution is 7.99. The molecule has 1 saturated heterocycles. The molecule has 0 spiro atoms. The molecule has 6 nitrogen and oxygen atoms in total. The monoisotopic (exact) mass is 477 g/mol. The Morgan fingerprint density at radius 3 is 2.74 bits per heavy atom. The molecule has 0 bridgehead atoms. The molecule has 1 unspecified atom stereocenters. The van der Waals surface area contributed by atoms with E-state index in [4.69, 9.17) is 0 Å². The third kappa shape index (κ3) is 4.31. The summed E-state index contributed by atoms with van der Waals surface area (Å²) in [6.07, 6.45) is 6.87. The fourth-order valence-corrected chi connectivity index (χ4v) is 6.85. The Morgan fingerprint density at radius 1 is 1.21 bits per heavy atom. The van der Waals surface area contributed by atoms with Crippen LogP contribution in [-0.2, 0) is 6.42 Å². The second kappa shape index (κ2) is 10.0. The number of rotatable bonds is 7. The summed E-state index contributed by atoms with van der Waals surface area (Å²) in [5.74, 6) is 0.424. The van der Waals surface area contributed by atoms with Gasteiger partial charge in [0.1, 0.15) is 0 Å². The Kier molecular flexibility index (Phi) is 6.84. The first kappa shape index (κ1) is 23.2. The quantitative estimate of drug-likeness (QED) is 0.487. The molecule has 34 heavy (non-hydrogen) atoms. The van der Waals surface area contributed by atoms with E-state index in [0.29, 0.717) is 12.0 Å². The minimum absolute atomic E-state index is 0.0669. The van der Waals surface area contributed by atoms with Crippen molar-refractivity contribution in [2.75, 3.05) is 26.2 Å². The van der Waals surface area contributed by atoms with E-state index in [1.165, 1.54) is 32.0 Å². The molecule has 0 saturated carbocycles. The SMILES string of the molecule is CCCN1C[C@@H](NC(=O)N(CC)CC)CC2c3cccc4[nH]c(Sc5ccncc5)c(c34)C[C@H]21.